The molecule has 0 aliphatic heterocycles. The van der Waals surface area contributed by atoms with Crippen molar-refractivity contribution in [2.45, 2.75) is 40.4 Å². The highest BCUT2D eigenvalue weighted by molar-refractivity contribution is 6.02. The number of halogens is 2. The van der Waals surface area contributed by atoms with E-state index < -0.39 is 24.5 Å². The molecule has 10 heteroatoms. The molecule has 3 rings (SSSR count). The van der Waals surface area contributed by atoms with Gasteiger partial charge in [0.15, 0.2) is 11.8 Å². The van der Waals surface area contributed by atoms with E-state index in [1.807, 2.05) is 0 Å². The maximum Gasteiger partial charge on any atom is 0.387 e. The van der Waals surface area contributed by atoms with Gasteiger partial charge in [-0.15, -0.1) is 0 Å². The van der Waals surface area contributed by atoms with Crippen molar-refractivity contribution in [3.8, 4) is 11.4 Å². The van der Waals surface area contributed by atoms with Gasteiger partial charge in [-0.05, 0) is 63.2 Å². The number of nitrogens with zero attached hydrogens (tertiary/aromatic N) is 2. The topological polar surface area (TPSA) is 99.5 Å². The van der Waals surface area contributed by atoms with E-state index in [2.05, 4.69) is 15.0 Å². The summed E-state index contributed by atoms with van der Waals surface area (Å²) >= 11 is 0. The third kappa shape index (κ3) is 5.64. The normalized spacial score (nSPS) is 11.7. The molecule has 0 bridgehead atoms. The number of benzene rings is 1. The van der Waals surface area contributed by atoms with Gasteiger partial charge in [-0.1, -0.05) is 6.07 Å². The van der Waals surface area contributed by atoms with Gasteiger partial charge in [0.05, 0.1) is 0 Å². The number of ether oxygens (including phenoxy) is 2. The van der Waals surface area contributed by atoms with Crippen LogP contribution in [0.4, 0.5) is 14.6 Å². The Kier molecular flexibility index (Phi) is 7.40. The molecular formula is C24H23F2N3O5. The number of Topliss-reactive ketones (excluding diaryl/α,β-unsaturated/α-hetero) is 1. The van der Waals surface area contributed by atoms with Crippen molar-refractivity contribution in [1.29, 1.82) is 0 Å². The zero-order chi connectivity index (χ0) is 25.0. The average Bonchev–Trinajstić information content (AvgIpc) is 3.07. The minimum atomic E-state index is -2.92. The number of anilines is 1. The van der Waals surface area contributed by atoms with Crippen molar-refractivity contribution in [3.63, 3.8) is 0 Å². The highest BCUT2D eigenvalue weighted by atomic mass is 19.3. The smallest absolute Gasteiger partial charge is 0.387 e. The lowest BCUT2D eigenvalue weighted by Crippen LogP contribution is -2.25. The highest BCUT2D eigenvalue weighted by Crippen LogP contribution is 2.25. The second-order valence-corrected chi connectivity index (χ2v) is 7.49. The van der Waals surface area contributed by atoms with E-state index in [1.54, 1.807) is 36.6 Å². The van der Waals surface area contributed by atoms with Crippen molar-refractivity contribution in [3.05, 3.63) is 71.2 Å². The summed E-state index contributed by atoms with van der Waals surface area (Å²) in [5.41, 5.74) is 2.28. The summed E-state index contributed by atoms with van der Waals surface area (Å²) in [6.07, 6.45) is -1.10. The summed E-state index contributed by atoms with van der Waals surface area (Å²) in [4.78, 5) is 40.8. The summed E-state index contributed by atoms with van der Waals surface area (Å²) in [6, 6.07) is 12.2. The Bertz CT molecular complexity index is 1220. The maximum absolute atomic E-state index is 13.0. The maximum atomic E-state index is 13.0. The molecule has 1 aromatic carbocycles. The zero-order valence-corrected chi connectivity index (χ0v) is 19.0. The molecule has 1 atom stereocenters. The molecule has 178 valence electrons. The third-order valence-electron chi connectivity index (χ3n) is 4.93. The number of aromatic nitrogens is 2. The van der Waals surface area contributed by atoms with Crippen molar-refractivity contribution in [2.75, 3.05) is 5.32 Å². The summed E-state index contributed by atoms with van der Waals surface area (Å²) < 4.78 is 36.2. The van der Waals surface area contributed by atoms with Crippen molar-refractivity contribution in [1.82, 2.24) is 9.55 Å². The second-order valence-electron chi connectivity index (χ2n) is 7.49. The van der Waals surface area contributed by atoms with Crippen LogP contribution >= 0.6 is 0 Å². The number of hydrogen-bond donors (Lipinski definition) is 1. The van der Waals surface area contributed by atoms with Gasteiger partial charge in [0, 0.05) is 29.6 Å². The van der Waals surface area contributed by atoms with Gasteiger partial charge in [0.1, 0.15) is 11.6 Å². The predicted octanol–water partition coefficient (Wildman–Crippen LogP) is 4.48. The Labute approximate surface area is 194 Å². The van der Waals surface area contributed by atoms with E-state index >= 15 is 0 Å². The monoisotopic (exact) mass is 471 g/mol. The van der Waals surface area contributed by atoms with E-state index in [0.717, 1.165) is 5.69 Å². The first kappa shape index (κ1) is 24.6. The van der Waals surface area contributed by atoms with Crippen LogP contribution in [-0.4, -0.2) is 39.9 Å². The lowest BCUT2D eigenvalue weighted by Gasteiger charge is -2.14. The Morgan fingerprint density at radius 1 is 1.06 bits per heavy atom. The van der Waals surface area contributed by atoms with E-state index in [-0.39, 0.29) is 23.2 Å². The van der Waals surface area contributed by atoms with Gasteiger partial charge in [-0.25, -0.2) is 9.78 Å². The highest BCUT2D eigenvalue weighted by Gasteiger charge is 2.25. The van der Waals surface area contributed by atoms with E-state index in [0.29, 0.717) is 16.9 Å². The van der Waals surface area contributed by atoms with Crippen LogP contribution in [0.15, 0.2) is 48.5 Å². The van der Waals surface area contributed by atoms with Gasteiger partial charge in [0.25, 0.3) is 0 Å². The molecule has 0 aliphatic carbocycles. The minimum Gasteiger partial charge on any atom is -0.450 e. The lowest BCUT2D eigenvalue weighted by molar-refractivity contribution is -0.114. The van der Waals surface area contributed by atoms with Gasteiger partial charge in [-0.3, -0.25) is 9.59 Å². The minimum absolute atomic E-state index is 0.0224. The van der Waals surface area contributed by atoms with Crippen molar-refractivity contribution < 1.29 is 32.6 Å². The van der Waals surface area contributed by atoms with E-state index in [1.165, 1.54) is 44.2 Å². The van der Waals surface area contributed by atoms with Gasteiger partial charge in [-0.2, -0.15) is 8.78 Å². The van der Waals surface area contributed by atoms with Crippen LogP contribution in [0.1, 0.15) is 46.1 Å². The summed E-state index contributed by atoms with van der Waals surface area (Å²) in [6.45, 7) is 3.38. The number of nitrogens with one attached hydrogen (secondary N) is 1. The molecule has 0 aliphatic rings. The van der Waals surface area contributed by atoms with Gasteiger partial charge in [0.2, 0.25) is 11.7 Å². The fourth-order valence-electron chi connectivity index (χ4n) is 3.48. The molecule has 0 saturated heterocycles. The third-order valence-corrected chi connectivity index (χ3v) is 4.93. The molecule has 0 fully saturated rings. The number of pyridine rings is 1. The zero-order valence-electron chi connectivity index (χ0n) is 19.0. The predicted molar refractivity (Wildman–Crippen MR) is 120 cm³/mol. The van der Waals surface area contributed by atoms with Crippen LogP contribution in [0, 0.1) is 13.8 Å². The molecule has 1 amide bonds. The van der Waals surface area contributed by atoms with Crippen molar-refractivity contribution in [2.24, 2.45) is 0 Å². The molecule has 8 nitrogen and oxygen atoms in total. The number of alkyl halides is 2. The number of esters is 1. The average molecular weight is 471 g/mol. The molecule has 3 aromatic rings. The first-order valence-electron chi connectivity index (χ1n) is 10.3. The Morgan fingerprint density at radius 2 is 1.74 bits per heavy atom. The lowest BCUT2D eigenvalue weighted by atomic mass is 10.1. The summed E-state index contributed by atoms with van der Waals surface area (Å²) in [7, 11) is 0. The molecule has 0 spiro atoms. The Balaban J connectivity index is 1.77. The standard InChI is InChI=1S/C24H23F2N3O5/c1-13-12-19(14(2)29(13)17-8-10-18(11-9-17)34-24(25)26)22(31)15(3)33-23(32)20-6-5-7-21(28-20)27-16(4)30/h5-12,15,24H,1-4H3,(H,27,28,30)/t15-/m1/s1. The number of amides is 1. The fraction of sp³-hybridized carbons (Fsp3) is 0.250. The van der Waals surface area contributed by atoms with Crippen LogP contribution in [-0.2, 0) is 9.53 Å². The molecule has 2 heterocycles. The van der Waals surface area contributed by atoms with E-state index in [4.69, 9.17) is 4.74 Å². The number of aryl methyl sites for hydroxylation is 1. The first-order valence-corrected chi connectivity index (χ1v) is 10.3. The molecule has 1 N–H and O–H groups in total. The Hall–Kier alpha value is -4.08. The fourth-order valence-corrected chi connectivity index (χ4v) is 3.48. The second kappa shape index (κ2) is 10.2. The van der Waals surface area contributed by atoms with Crippen LogP contribution in [0.2, 0.25) is 0 Å². The molecular weight excluding hydrogens is 448 g/mol. The van der Waals surface area contributed by atoms with Crippen LogP contribution in [0.5, 0.6) is 5.75 Å². The number of carbonyl (C=O) groups is 3. The van der Waals surface area contributed by atoms with E-state index in [9.17, 15) is 23.2 Å². The number of hydrogen-bond acceptors (Lipinski definition) is 6. The molecule has 0 saturated carbocycles. The molecule has 34 heavy (non-hydrogen) atoms. The quantitative estimate of drug-likeness (QED) is 0.384. The number of ketones is 1. The van der Waals surface area contributed by atoms with Crippen molar-refractivity contribution >= 4 is 23.5 Å². The van der Waals surface area contributed by atoms with Crippen LogP contribution in [0.25, 0.3) is 5.69 Å². The number of carbonyl (C=O) groups excluding carboxylic acids is 3. The van der Waals surface area contributed by atoms with Gasteiger partial charge < -0.3 is 19.4 Å². The van der Waals surface area contributed by atoms with Gasteiger partial charge >= 0.3 is 12.6 Å². The largest absolute Gasteiger partial charge is 0.450 e. The first-order chi connectivity index (χ1) is 16.1. The summed E-state index contributed by atoms with van der Waals surface area (Å²) in [5.74, 6) is -1.35. The van der Waals surface area contributed by atoms with Crippen LogP contribution in [0.3, 0.4) is 0 Å². The number of rotatable bonds is 8. The summed E-state index contributed by atoms with van der Waals surface area (Å²) in [5, 5.41) is 2.47. The van der Waals surface area contributed by atoms with Crippen LogP contribution < -0.4 is 10.1 Å². The SMILES string of the molecule is CC(=O)Nc1cccc(C(=O)O[C@H](C)C(=O)c2cc(C)n(-c3ccc(OC(F)F)cc3)c2C)n1. The Morgan fingerprint density at radius 3 is 2.35 bits per heavy atom. The molecule has 0 unspecified atom stereocenters. The molecule has 0 radical (unpaired) electrons. The molecule has 2 aromatic heterocycles.